The SMILES string of the molecule is CCOC(=O)N1CCc2c([nH]c3ccc(Cl)cc23)C1c1ccc(OCC(O)CN2CCN(C)CC2)cc1.CCOC(=O)N1CCc2c([nH]c3ccc(Cl)cc23)C1c1ccc(OCC2CO2)cc1.ClCCCOc1ccc(C2NCCc3c2[nH]c2ccc(Cl)cc32)cc1.Clc1ccc2[nH]c3c(c2c1)CCNC3c1ccc(OCCCn2ccnc2)cc1. The van der Waals surface area contributed by atoms with Crippen LogP contribution < -0.4 is 29.6 Å². The summed E-state index contributed by atoms with van der Waals surface area (Å²) in [6.07, 6.45) is 9.89. The fraction of sp³-hybridized carbons (Fsp3) is 0.351. The number of nitrogens with zero attached hydrogens (tertiary/aromatic N) is 6. The number of rotatable bonds is 23. The van der Waals surface area contributed by atoms with Gasteiger partial charge >= 0.3 is 12.2 Å². The molecule has 11 heterocycles. The molecule has 0 spiro atoms. The summed E-state index contributed by atoms with van der Waals surface area (Å²) >= 11 is 30.6. The van der Waals surface area contributed by atoms with Crippen molar-refractivity contribution >= 4 is 114 Å². The number of hydrogen-bond donors (Lipinski definition) is 7. The normalized spacial score (nSPS) is 18.3. The number of epoxide rings is 1. The van der Waals surface area contributed by atoms with Crippen molar-refractivity contribution in [3.05, 3.63) is 276 Å². The molecule has 6 atom stereocenters. The molecule has 2 saturated heterocycles. The van der Waals surface area contributed by atoms with Gasteiger partial charge in [-0.05, 0) is 225 Å². The number of hydrogen-bond acceptors (Lipinski definition) is 15. The maximum absolute atomic E-state index is 12.9. The average Bonchev–Trinajstić information content (AvgIpc) is 1.49. The van der Waals surface area contributed by atoms with Gasteiger partial charge in [-0.1, -0.05) is 94.9 Å². The standard InChI is InChI=1S/C28H35ClN4O4.C23H23ClN4O.C23H23ClN2O4.C20H20Cl2N2O/c1-3-36-28(35)33-11-10-23-24-16-20(29)6-9-25(24)30-26(23)27(33)19-4-7-22(8-5-19)37-18-21(34)17-32-14-12-31(2)13-15-32;24-17-4-7-21-20(14-17)19-8-9-26-22(23(19)27-21)16-2-5-18(6-3-16)29-13-1-11-28-12-10-25-15-28;1-2-28-23(27)26-10-9-18-19-11-15(24)5-8-20(19)25-21(18)22(26)14-3-6-16(7-4-14)29-12-17-13-30-17;21-9-1-11-25-15-5-2-13(3-6-15)19-20-16(8-10-23-19)17-12-14(22)4-7-18(17)24-20/h4-9,16,21,27,30,34H,3,10-15,17-18H2,1-2H3;2-7,10,12,14-15,22,26-27H,1,8-9,11,13H2;3-8,11,17,22,25H,2,9-10,12-13H2,1H3;2-7,12,19,23-24H,1,8-11H2. The zero-order valence-corrected chi connectivity index (χ0v) is 71.8. The second kappa shape index (κ2) is 39.5. The van der Waals surface area contributed by atoms with Gasteiger partial charge in [-0.3, -0.25) is 14.7 Å². The molecule has 5 aromatic heterocycles. The van der Waals surface area contributed by atoms with Gasteiger partial charge in [0.05, 0.1) is 51.4 Å². The zero-order valence-electron chi connectivity index (χ0n) is 68.0. The predicted molar refractivity (Wildman–Crippen MR) is 478 cm³/mol. The molecule has 2 fully saturated rings. The maximum atomic E-state index is 12.9. The van der Waals surface area contributed by atoms with E-state index < -0.39 is 6.10 Å². The molecule has 121 heavy (non-hydrogen) atoms. The van der Waals surface area contributed by atoms with Gasteiger partial charge in [0.1, 0.15) is 60.5 Å². The summed E-state index contributed by atoms with van der Waals surface area (Å²) in [6.45, 7) is 15.7. The largest absolute Gasteiger partial charge is 0.494 e. The van der Waals surface area contributed by atoms with E-state index in [4.69, 9.17) is 91.2 Å². The van der Waals surface area contributed by atoms with Gasteiger partial charge in [0.2, 0.25) is 0 Å². The zero-order chi connectivity index (χ0) is 83.5. The van der Waals surface area contributed by atoms with Gasteiger partial charge in [-0.15, -0.1) is 11.6 Å². The van der Waals surface area contributed by atoms with Crippen LogP contribution in [0.1, 0.15) is 118 Å². The van der Waals surface area contributed by atoms with E-state index in [0.717, 1.165) is 174 Å². The average molecular weight is 1740 g/mol. The molecule has 0 saturated carbocycles. The van der Waals surface area contributed by atoms with Crippen molar-refractivity contribution in [3.8, 4) is 23.0 Å². The van der Waals surface area contributed by atoms with Gasteiger partial charge in [-0.25, -0.2) is 14.6 Å². The first-order valence-corrected chi connectivity index (χ1v) is 43.8. The molecule has 0 aliphatic carbocycles. The number of nitrogens with one attached hydrogen (secondary N) is 6. The highest BCUT2D eigenvalue weighted by Gasteiger charge is 2.38. The van der Waals surface area contributed by atoms with Gasteiger partial charge in [0.25, 0.3) is 0 Å². The van der Waals surface area contributed by atoms with Crippen molar-refractivity contribution in [1.82, 2.24) is 59.7 Å². The van der Waals surface area contributed by atoms with Crippen LogP contribution in [0.2, 0.25) is 20.1 Å². The number of piperazine rings is 1. The molecule has 0 bridgehead atoms. The molecule has 0 radical (unpaired) electrons. The van der Waals surface area contributed by atoms with Crippen LogP contribution in [0, 0.1) is 0 Å². The second-order valence-corrected chi connectivity index (χ2v) is 33.3. The lowest BCUT2D eigenvalue weighted by Gasteiger charge is -2.35. The number of aliphatic hydroxyl groups is 1. The number of benzene rings is 8. The number of ether oxygens (including phenoxy) is 7. The monoisotopic (exact) mass is 1730 g/mol. The fourth-order valence-electron chi connectivity index (χ4n) is 17.0. The molecule has 7 N–H and O–H groups in total. The number of β-amino-alcohol motifs (C(OH)–C–C–N with tert-alkyl or cyclic N) is 1. The van der Waals surface area contributed by atoms with Gasteiger partial charge in [0.15, 0.2) is 0 Å². The Hall–Kier alpha value is -9.92. The van der Waals surface area contributed by atoms with Crippen LogP contribution in [-0.2, 0) is 46.4 Å². The number of aliphatic hydroxyl groups excluding tert-OH is 1. The van der Waals surface area contributed by atoms with Crippen molar-refractivity contribution in [1.29, 1.82) is 0 Å². The summed E-state index contributed by atoms with van der Waals surface area (Å²) in [5, 5.41) is 25.4. The van der Waals surface area contributed by atoms with Crippen molar-refractivity contribution in [2.45, 2.75) is 95.3 Å². The first-order chi connectivity index (χ1) is 59.1. The smallest absolute Gasteiger partial charge is 0.410 e. The minimum atomic E-state index is -0.554. The van der Waals surface area contributed by atoms with Crippen LogP contribution in [0.5, 0.6) is 23.0 Å². The molecular formula is C94H101Cl5N12O10. The number of aromatic nitrogens is 6. The van der Waals surface area contributed by atoms with Crippen molar-refractivity contribution in [2.75, 3.05) is 118 Å². The molecule has 19 rings (SSSR count). The Morgan fingerprint density at radius 2 is 0.909 bits per heavy atom. The number of likely N-dealkylation sites (N-methyl/N-ethyl adjacent to an activating group) is 1. The van der Waals surface area contributed by atoms with Crippen LogP contribution in [-0.4, -0.2) is 197 Å². The van der Waals surface area contributed by atoms with E-state index in [2.05, 4.69) is 118 Å². The van der Waals surface area contributed by atoms with E-state index >= 15 is 0 Å². The molecule has 6 unspecified atom stereocenters. The minimum Gasteiger partial charge on any atom is -0.494 e. The highest BCUT2D eigenvalue weighted by atomic mass is 35.5. The molecule has 8 aromatic carbocycles. The number of H-pyrrole nitrogens is 4. The number of fused-ring (bicyclic) bond motifs is 12. The van der Waals surface area contributed by atoms with Crippen LogP contribution in [0.3, 0.4) is 0 Å². The first kappa shape index (κ1) is 84.7. The van der Waals surface area contributed by atoms with E-state index in [1.165, 1.54) is 55.5 Å². The maximum Gasteiger partial charge on any atom is 0.410 e. The number of imidazole rings is 1. The summed E-state index contributed by atoms with van der Waals surface area (Å²) in [5.41, 5.74) is 18.3. The van der Waals surface area contributed by atoms with Crippen molar-refractivity contribution in [3.63, 3.8) is 0 Å². The van der Waals surface area contributed by atoms with E-state index in [0.29, 0.717) is 74.3 Å². The Morgan fingerprint density at radius 3 is 1.32 bits per heavy atom. The Morgan fingerprint density at radius 1 is 0.504 bits per heavy atom. The lowest BCUT2D eigenvalue weighted by Crippen LogP contribution is -2.47. The van der Waals surface area contributed by atoms with Crippen molar-refractivity contribution in [2.24, 2.45) is 0 Å². The molecule has 6 aliphatic heterocycles. The molecule has 2 amide bonds. The molecule has 6 aliphatic rings. The van der Waals surface area contributed by atoms with Crippen LogP contribution >= 0.6 is 58.0 Å². The third-order valence-electron chi connectivity index (χ3n) is 23.1. The number of carbonyl (C=O) groups is 2. The van der Waals surface area contributed by atoms with Gasteiger partial charge in [-0.2, -0.15) is 0 Å². The number of aryl methyl sites for hydroxylation is 1. The minimum absolute atomic E-state index is 0.153. The Kier molecular flexibility index (Phi) is 27.6. The van der Waals surface area contributed by atoms with E-state index in [-0.39, 0.29) is 49.1 Å². The first-order valence-electron chi connectivity index (χ1n) is 41.8. The Balaban J connectivity index is 0.000000121. The molecule has 632 valence electrons. The van der Waals surface area contributed by atoms with Gasteiger partial charge in [0, 0.05) is 170 Å². The third kappa shape index (κ3) is 20.2. The Labute approximate surface area is 728 Å². The third-order valence-corrected chi connectivity index (χ3v) is 24.3. The van der Waals surface area contributed by atoms with E-state index in [9.17, 15) is 14.7 Å². The molecule has 13 aromatic rings. The Bertz CT molecular complexity index is 5660. The number of halogens is 5. The second-order valence-electron chi connectivity index (χ2n) is 31.2. The lowest BCUT2D eigenvalue weighted by atomic mass is 9.92. The lowest BCUT2D eigenvalue weighted by molar-refractivity contribution is 0.0504. The highest BCUT2D eigenvalue weighted by Crippen LogP contribution is 2.44. The quantitative estimate of drug-likeness (QED) is 0.0179. The predicted octanol–water partition coefficient (Wildman–Crippen LogP) is 18.4. The van der Waals surface area contributed by atoms with Crippen LogP contribution in [0.4, 0.5) is 9.59 Å². The summed E-state index contributed by atoms with van der Waals surface area (Å²) in [4.78, 5) is 52.1. The number of carbonyl (C=O) groups excluding carboxylic acids is 2. The number of aromatic amines is 4. The summed E-state index contributed by atoms with van der Waals surface area (Å²) in [6, 6.07) is 55.9. The summed E-state index contributed by atoms with van der Waals surface area (Å²) < 4.78 is 41.3. The summed E-state index contributed by atoms with van der Waals surface area (Å²) in [5.74, 6) is 3.88. The molecule has 22 nitrogen and oxygen atoms in total. The highest BCUT2D eigenvalue weighted by molar-refractivity contribution is 6.32. The topological polar surface area (TPSA) is 240 Å². The number of amides is 2. The van der Waals surface area contributed by atoms with Crippen molar-refractivity contribution < 1.29 is 47.9 Å². The fourth-order valence-corrected chi connectivity index (χ4v) is 17.8. The van der Waals surface area contributed by atoms with Crippen LogP contribution in [0.15, 0.2) is 189 Å². The number of alkyl halides is 1. The van der Waals surface area contributed by atoms with Gasteiger partial charge < -0.3 is 78.3 Å². The van der Waals surface area contributed by atoms with E-state index in [1.54, 1.807) is 16.0 Å². The summed E-state index contributed by atoms with van der Waals surface area (Å²) in [7, 11) is 2.12. The molecule has 27 heteroatoms. The van der Waals surface area contributed by atoms with Crippen LogP contribution in [0.25, 0.3) is 43.6 Å². The van der Waals surface area contributed by atoms with E-state index in [1.807, 2.05) is 136 Å². The molecular weight excluding hydrogens is 1630 g/mol.